The minimum Gasteiger partial charge on any atom is -0.381 e. The molecule has 1 saturated heterocycles. The number of hydrogen-bond donors (Lipinski definition) is 2. The number of ether oxygens (including phenoxy) is 1. The first-order valence-electron chi connectivity index (χ1n) is 10.4. The number of amides is 2. The van der Waals surface area contributed by atoms with Crippen molar-refractivity contribution in [1.29, 1.82) is 0 Å². The minimum absolute atomic E-state index is 0.116. The van der Waals surface area contributed by atoms with Crippen molar-refractivity contribution >= 4 is 23.4 Å². The maximum absolute atomic E-state index is 13.1. The molecule has 1 aromatic heterocycles. The Morgan fingerprint density at radius 3 is 2.23 bits per heavy atom. The fourth-order valence-corrected chi connectivity index (χ4v) is 3.81. The summed E-state index contributed by atoms with van der Waals surface area (Å²) in [6.07, 6.45) is 1.40. The van der Waals surface area contributed by atoms with Gasteiger partial charge in [0.15, 0.2) is 0 Å². The van der Waals surface area contributed by atoms with Gasteiger partial charge >= 0.3 is 6.03 Å². The molecule has 2 N–H and O–H groups in total. The van der Waals surface area contributed by atoms with Crippen molar-refractivity contribution in [3.63, 3.8) is 0 Å². The molecule has 0 bridgehead atoms. The Labute approximate surface area is 184 Å². The van der Waals surface area contributed by atoms with Crippen molar-refractivity contribution < 1.29 is 9.53 Å². The van der Waals surface area contributed by atoms with E-state index in [-0.39, 0.29) is 17.0 Å². The maximum atomic E-state index is 13.1. The van der Waals surface area contributed by atoms with Crippen LogP contribution in [0.1, 0.15) is 65.6 Å². The molecular weight excluding hydrogens is 400 g/mol. The van der Waals surface area contributed by atoms with Crippen LogP contribution >= 0.6 is 11.6 Å². The van der Waals surface area contributed by atoms with Crippen LogP contribution in [-0.4, -0.2) is 29.0 Å². The molecule has 0 spiro atoms. The molecule has 30 heavy (non-hydrogen) atoms. The lowest BCUT2D eigenvalue weighted by atomic mass is 9.83. The molecule has 6 nitrogen and oxygen atoms in total. The summed E-state index contributed by atoms with van der Waals surface area (Å²) in [5, 5.41) is 11.7. The molecule has 2 heterocycles. The lowest BCUT2D eigenvalue weighted by molar-refractivity contribution is 0.0418. The fourth-order valence-electron chi connectivity index (χ4n) is 3.69. The number of rotatable bonds is 3. The van der Waals surface area contributed by atoms with E-state index in [2.05, 4.69) is 52.2 Å². The zero-order chi connectivity index (χ0) is 22.2. The van der Waals surface area contributed by atoms with Gasteiger partial charge in [0.2, 0.25) is 0 Å². The molecule has 1 aliphatic rings. The Kier molecular flexibility index (Phi) is 6.21. The van der Waals surface area contributed by atoms with E-state index in [1.165, 1.54) is 0 Å². The molecule has 0 aliphatic carbocycles. The van der Waals surface area contributed by atoms with Gasteiger partial charge in [-0.25, -0.2) is 9.48 Å². The van der Waals surface area contributed by atoms with Crippen molar-refractivity contribution in [1.82, 2.24) is 15.1 Å². The van der Waals surface area contributed by atoms with Gasteiger partial charge in [-0.15, -0.1) is 0 Å². The number of urea groups is 1. The SMILES string of the molecule is CC(C)(C)c1cc(NC(=O)NC2(c3ccc(Cl)cc3)CCOCC2)n(C(C)(C)C)n1. The highest BCUT2D eigenvalue weighted by Crippen LogP contribution is 2.33. The summed E-state index contributed by atoms with van der Waals surface area (Å²) >= 11 is 6.07. The predicted octanol–water partition coefficient (Wildman–Crippen LogP) is 5.42. The maximum Gasteiger partial charge on any atom is 0.321 e. The Balaban J connectivity index is 1.87. The second kappa shape index (κ2) is 8.23. The summed E-state index contributed by atoms with van der Waals surface area (Å²) in [4.78, 5) is 13.1. The van der Waals surface area contributed by atoms with Crippen LogP contribution in [0.3, 0.4) is 0 Å². The normalized spacial score (nSPS) is 16.9. The van der Waals surface area contributed by atoms with E-state index < -0.39 is 5.54 Å². The van der Waals surface area contributed by atoms with E-state index in [0.717, 1.165) is 11.3 Å². The quantitative estimate of drug-likeness (QED) is 0.680. The molecule has 1 aliphatic heterocycles. The third-order valence-electron chi connectivity index (χ3n) is 5.45. The third-order valence-corrected chi connectivity index (χ3v) is 5.70. The molecule has 3 rings (SSSR count). The van der Waals surface area contributed by atoms with Crippen LogP contribution in [0.15, 0.2) is 30.3 Å². The number of anilines is 1. The van der Waals surface area contributed by atoms with Gasteiger partial charge in [-0.05, 0) is 51.3 Å². The zero-order valence-corrected chi connectivity index (χ0v) is 19.6. The lowest BCUT2D eigenvalue weighted by Gasteiger charge is -2.38. The van der Waals surface area contributed by atoms with Crippen molar-refractivity contribution in [2.75, 3.05) is 18.5 Å². The van der Waals surface area contributed by atoms with Crippen molar-refractivity contribution in [2.45, 2.75) is 70.9 Å². The van der Waals surface area contributed by atoms with Gasteiger partial charge in [0.25, 0.3) is 0 Å². The number of halogens is 1. The van der Waals surface area contributed by atoms with Gasteiger partial charge < -0.3 is 10.1 Å². The lowest BCUT2D eigenvalue weighted by Crippen LogP contribution is -2.51. The Morgan fingerprint density at radius 2 is 1.70 bits per heavy atom. The summed E-state index contributed by atoms with van der Waals surface area (Å²) in [6.45, 7) is 13.8. The van der Waals surface area contributed by atoms with Gasteiger partial charge in [0.05, 0.1) is 16.8 Å². The van der Waals surface area contributed by atoms with Crippen LogP contribution in [-0.2, 0) is 21.2 Å². The minimum atomic E-state index is -0.494. The predicted molar refractivity (Wildman–Crippen MR) is 121 cm³/mol. The molecule has 2 aromatic rings. The van der Waals surface area contributed by atoms with Crippen LogP contribution in [0.4, 0.5) is 10.6 Å². The Hall–Kier alpha value is -2.05. The highest BCUT2D eigenvalue weighted by atomic mass is 35.5. The van der Waals surface area contributed by atoms with E-state index in [9.17, 15) is 4.79 Å². The summed E-state index contributed by atoms with van der Waals surface area (Å²) in [5.41, 5.74) is 1.09. The average molecular weight is 433 g/mol. The molecule has 2 amide bonds. The van der Waals surface area contributed by atoms with Gasteiger partial charge in [-0.3, -0.25) is 5.32 Å². The summed E-state index contributed by atoms with van der Waals surface area (Å²) in [6, 6.07) is 9.38. The van der Waals surface area contributed by atoms with Crippen LogP contribution in [0.5, 0.6) is 0 Å². The van der Waals surface area contributed by atoms with E-state index in [1.807, 2.05) is 35.0 Å². The second-order valence-electron chi connectivity index (χ2n) is 10.0. The first-order valence-corrected chi connectivity index (χ1v) is 10.8. The third kappa shape index (κ3) is 4.98. The standard InChI is InChI=1S/C23H33ClN4O2/c1-21(2,3)18-15-19(28(27-18)22(4,5)6)25-20(29)26-23(11-13-30-14-12-23)16-7-9-17(24)10-8-16/h7-10,15H,11-14H2,1-6H3,(H2,25,26,29). The average Bonchev–Trinajstić information content (AvgIpc) is 3.07. The van der Waals surface area contributed by atoms with Gasteiger partial charge in [0, 0.05) is 29.7 Å². The molecule has 164 valence electrons. The molecule has 0 radical (unpaired) electrons. The smallest absolute Gasteiger partial charge is 0.321 e. The van der Waals surface area contributed by atoms with Crippen molar-refractivity contribution in [2.24, 2.45) is 0 Å². The number of nitrogens with zero attached hydrogens (tertiary/aromatic N) is 2. The molecule has 1 fully saturated rings. The van der Waals surface area contributed by atoms with Crippen LogP contribution < -0.4 is 10.6 Å². The number of benzene rings is 1. The van der Waals surface area contributed by atoms with Crippen LogP contribution in [0.25, 0.3) is 0 Å². The number of carbonyl (C=O) groups is 1. The van der Waals surface area contributed by atoms with E-state index in [4.69, 9.17) is 21.4 Å². The fraction of sp³-hybridized carbons (Fsp3) is 0.565. The molecule has 0 atom stereocenters. The van der Waals surface area contributed by atoms with E-state index >= 15 is 0 Å². The van der Waals surface area contributed by atoms with Gasteiger partial charge in [0.1, 0.15) is 5.82 Å². The highest BCUT2D eigenvalue weighted by Gasteiger charge is 2.36. The molecule has 7 heteroatoms. The number of aromatic nitrogens is 2. The van der Waals surface area contributed by atoms with Crippen LogP contribution in [0.2, 0.25) is 5.02 Å². The van der Waals surface area contributed by atoms with Crippen molar-refractivity contribution in [3.8, 4) is 0 Å². The topological polar surface area (TPSA) is 68.2 Å². The first kappa shape index (κ1) is 22.6. The molecular formula is C23H33ClN4O2. The molecule has 1 aromatic carbocycles. The van der Waals surface area contributed by atoms with E-state index in [1.54, 1.807) is 0 Å². The van der Waals surface area contributed by atoms with Gasteiger partial charge in [-0.2, -0.15) is 5.10 Å². The van der Waals surface area contributed by atoms with Crippen LogP contribution in [0, 0.1) is 0 Å². The number of nitrogens with one attached hydrogen (secondary N) is 2. The van der Waals surface area contributed by atoms with Crippen molar-refractivity contribution in [3.05, 3.63) is 46.6 Å². The number of carbonyl (C=O) groups excluding carboxylic acids is 1. The van der Waals surface area contributed by atoms with E-state index in [0.29, 0.717) is 36.9 Å². The van der Waals surface area contributed by atoms with Gasteiger partial charge in [-0.1, -0.05) is 44.5 Å². The first-order chi connectivity index (χ1) is 13.9. The molecule has 0 saturated carbocycles. The summed E-state index contributed by atoms with van der Waals surface area (Å²) in [7, 11) is 0. The monoisotopic (exact) mass is 432 g/mol. The Morgan fingerprint density at radius 1 is 1.10 bits per heavy atom. The largest absolute Gasteiger partial charge is 0.381 e. The highest BCUT2D eigenvalue weighted by molar-refractivity contribution is 6.30. The number of hydrogen-bond acceptors (Lipinski definition) is 3. The second-order valence-corrected chi connectivity index (χ2v) is 10.5. The zero-order valence-electron chi connectivity index (χ0n) is 18.8. The summed E-state index contributed by atoms with van der Waals surface area (Å²) in [5.74, 6) is 0.684. The summed E-state index contributed by atoms with van der Waals surface area (Å²) < 4.78 is 7.44. The Bertz CT molecular complexity index is 885. The molecule has 0 unspecified atom stereocenters.